The number of alkyl halides is 3. The molecule has 0 radical (unpaired) electrons. The van der Waals surface area contributed by atoms with Crippen LogP contribution in [-0.4, -0.2) is 10.2 Å². The largest absolute Gasteiger partial charge is 0.123 e. The van der Waals surface area contributed by atoms with E-state index in [0.29, 0.717) is 5.38 Å². The molecule has 0 aromatic heterocycles. The third-order valence-corrected chi connectivity index (χ3v) is 2.43. The molecule has 74 valence electrons. The first kappa shape index (κ1) is 12.9. The predicted molar refractivity (Wildman–Crippen MR) is 58.5 cm³/mol. The quantitative estimate of drug-likeness (QED) is 0.438. The maximum atomic E-state index is 5.80. The molecule has 0 fully saturated rings. The zero-order valence-corrected chi connectivity index (χ0v) is 9.80. The van der Waals surface area contributed by atoms with Crippen molar-refractivity contribution >= 4 is 34.8 Å². The maximum Gasteiger partial charge on any atom is 0.107 e. The molecule has 0 amide bonds. The Labute approximate surface area is 90.6 Å². The molecule has 1 unspecified atom stereocenters. The molecule has 0 aliphatic rings. The molecule has 3 heteroatoms. The van der Waals surface area contributed by atoms with Gasteiger partial charge < -0.3 is 0 Å². The van der Waals surface area contributed by atoms with Gasteiger partial charge in [0.25, 0.3) is 0 Å². The van der Waals surface area contributed by atoms with Crippen molar-refractivity contribution in [2.24, 2.45) is 0 Å². The number of unbranched alkanes of at least 4 members (excludes halogenated alkanes) is 3. The molecule has 0 saturated heterocycles. The lowest BCUT2D eigenvalue weighted by atomic mass is 10.1. The summed E-state index contributed by atoms with van der Waals surface area (Å²) in [4.78, 5) is -0.183. The Morgan fingerprint density at radius 2 is 1.33 bits per heavy atom. The minimum atomic E-state index is -0.183. The molecule has 12 heavy (non-hydrogen) atoms. The maximum absolute atomic E-state index is 5.80. The molecular weight excluding hydrogens is 214 g/mol. The van der Waals surface area contributed by atoms with E-state index in [4.69, 9.17) is 34.8 Å². The topological polar surface area (TPSA) is 0 Å². The van der Waals surface area contributed by atoms with Crippen LogP contribution >= 0.6 is 34.8 Å². The zero-order chi connectivity index (χ0) is 9.40. The van der Waals surface area contributed by atoms with E-state index in [2.05, 4.69) is 0 Å². The van der Waals surface area contributed by atoms with E-state index in [1.54, 1.807) is 0 Å². The number of halogens is 3. The van der Waals surface area contributed by atoms with Gasteiger partial charge in [-0.1, -0.05) is 25.7 Å². The first-order valence-electron chi connectivity index (χ1n) is 4.55. The summed E-state index contributed by atoms with van der Waals surface area (Å²) in [6.07, 6.45) is 6.86. The number of hydrogen-bond donors (Lipinski definition) is 0. The second-order valence-corrected chi connectivity index (χ2v) is 5.19. The van der Waals surface area contributed by atoms with Crippen LogP contribution in [-0.2, 0) is 0 Å². The van der Waals surface area contributed by atoms with Crippen molar-refractivity contribution in [3.63, 3.8) is 0 Å². The molecule has 0 aromatic rings. The van der Waals surface area contributed by atoms with Crippen LogP contribution in [0.3, 0.4) is 0 Å². The second kappa shape index (κ2) is 8.47. The lowest BCUT2D eigenvalue weighted by Crippen LogP contribution is -1.91. The van der Waals surface area contributed by atoms with Crippen LogP contribution in [0.4, 0.5) is 0 Å². The Morgan fingerprint density at radius 3 is 1.75 bits per heavy atom. The molecule has 0 nitrogen and oxygen atoms in total. The number of hydrogen-bond acceptors (Lipinski definition) is 0. The van der Waals surface area contributed by atoms with Gasteiger partial charge in [-0.15, -0.1) is 34.8 Å². The summed E-state index contributed by atoms with van der Waals surface area (Å²) in [7, 11) is 0. The Morgan fingerprint density at radius 1 is 0.833 bits per heavy atom. The fraction of sp³-hybridized carbons (Fsp3) is 1.00. The van der Waals surface area contributed by atoms with Gasteiger partial charge in [-0.05, 0) is 19.8 Å². The lowest BCUT2D eigenvalue weighted by Gasteiger charge is -2.03. The van der Waals surface area contributed by atoms with Crippen molar-refractivity contribution in [1.82, 2.24) is 0 Å². The molecule has 0 aliphatic carbocycles. The van der Waals surface area contributed by atoms with Crippen LogP contribution in [0.1, 0.15) is 45.4 Å². The summed E-state index contributed by atoms with van der Waals surface area (Å²) in [5.74, 6) is 0. The van der Waals surface area contributed by atoms with E-state index in [9.17, 15) is 0 Å². The summed E-state index contributed by atoms with van der Waals surface area (Å²) >= 11 is 17.0. The fourth-order valence-corrected chi connectivity index (χ4v) is 1.54. The minimum absolute atomic E-state index is 0.183. The van der Waals surface area contributed by atoms with Gasteiger partial charge in [-0.25, -0.2) is 0 Å². The summed E-state index contributed by atoms with van der Waals surface area (Å²) in [6.45, 7) is 2.04. The van der Waals surface area contributed by atoms with Gasteiger partial charge in [0.15, 0.2) is 0 Å². The van der Waals surface area contributed by atoms with Gasteiger partial charge in [0, 0.05) is 5.38 Å². The van der Waals surface area contributed by atoms with Gasteiger partial charge in [0.1, 0.15) is 4.84 Å². The van der Waals surface area contributed by atoms with E-state index >= 15 is 0 Å². The van der Waals surface area contributed by atoms with Crippen LogP contribution in [0.2, 0.25) is 0 Å². The molecule has 0 aromatic carbocycles. The average molecular weight is 232 g/mol. The van der Waals surface area contributed by atoms with Crippen molar-refractivity contribution in [2.75, 3.05) is 0 Å². The first-order chi connectivity index (χ1) is 5.63. The predicted octanol–water partition coefficient (Wildman–Crippen LogP) is 4.76. The van der Waals surface area contributed by atoms with Crippen LogP contribution < -0.4 is 0 Å². The SMILES string of the molecule is CC(Cl)CCCCCCC(Cl)Cl. The molecular formula is C9H17Cl3. The van der Waals surface area contributed by atoms with Gasteiger partial charge >= 0.3 is 0 Å². The molecule has 0 rings (SSSR count). The molecule has 0 aliphatic heterocycles. The molecule has 0 N–H and O–H groups in total. The number of rotatable bonds is 7. The smallest absolute Gasteiger partial charge is 0.107 e. The highest BCUT2D eigenvalue weighted by atomic mass is 35.5. The molecule has 0 spiro atoms. The van der Waals surface area contributed by atoms with Crippen LogP contribution in [0.5, 0.6) is 0 Å². The third kappa shape index (κ3) is 10.9. The van der Waals surface area contributed by atoms with Gasteiger partial charge in [0.05, 0.1) is 0 Å². The van der Waals surface area contributed by atoms with E-state index in [-0.39, 0.29) is 4.84 Å². The van der Waals surface area contributed by atoms with E-state index < -0.39 is 0 Å². The summed E-state index contributed by atoms with van der Waals surface area (Å²) in [6, 6.07) is 0. The summed E-state index contributed by atoms with van der Waals surface area (Å²) in [5.41, 5.74) is 0. The Bertz CT molecular complexity index is 79.8. The van der Waals surface area contributed by atoms with E-state index in [0.717, 1.165) is 19.3 Å². The summed E-state index contributed by atoms with van der Waals surface area (Å²) < 4.78 is 0. The van der Waals surface area contributed by atoms with Gasteiger partial charge in [-0.3, -0.25) is 0 Å². The first-order valence-corrected chi connectivity index (χ1v) is 5.86. The van der Waals surface area contributed by atoms with Crippen molar-refractivity contribution < 1.29 is 0 Å². The van der Waals surface area contributed by atoms with E-state index in [1.807, 2.05) is 6.92 Å². The van der Waals surface area contributed by atoms with Crippen molar-refractivity contribution in [2.45, 2.75) is 55.7 Å². The van der Waals surface area contributed by atoms with Crippen molar-refractivity contribution in [1.29, 1.82) is 0 Å². The Balaban J connectivity index is 2.91. The standard InChI is InChI=1S/C9H17Cl3/c1-8(10)6-4-2-3-5-7-9(11)12/h8-9H,2-7H2,1H3. The Hall–Kier alpha value is 0.870. The molecule has 1 atom stereocenters. The fourth-order valence-electron chi connectivity index (χ4n) is 1.08. The van der Waals surface area contributed by atoms with Gasteiger partial charge in [0.2, 0.25) is 0 Å². The molecule has 0 bridgehead atoms. The van der Waals surface area contributed by atoms with Crippen molar-refractivity contribution in [3.05, 3.63) is 0 Å². The molecule has 0 heterocycles. The van der Waals surface area contributed by atoms with Crippen LogP contribution in [0.25, 0.3) is 0 Å². The minimum Gasteiger partial charge on any atom is -0.123 e. The highest BCUT2D eigenvalue weighted by Crippen LogP contribution is 2.14. The average Bonchev–Trinajstić information content (AvgIpc) is 1.95. The lowest BCUT2D eigenvalue weighted by molar-refractivity contribution is 0.601. The second-order valence-electron chi connectivity index (χ2n) is 3.16. The van der Waals surface area contributed by atoms with Crippen molar-refractivity contribution in [3.8, 4) is 0 Å². The summed E-state index contributed by atoms with van der Waals surface area (Å²) in [5, 5.41) is 0.318. The highest BCUT2D eigenvalue weighted by Gasteiger charge is 1.99. The van der Waals surface area contributed by atoms with Crippen LogP contribution in [0.15, 0.2) is 0 Å². The van der Waals surface area contributed by atoms with Gasteiger partial charge in [-0.2, -0.15) is 0 Å². The normalized spacial score (nSPS) is 13.8. The van der Waals surface area contributed by atoms with E-state index in [1.165, 1.54) is 19.3 Å². The van der Waals surface area contributed by atoms with Crippen LogP contribution in [0, 0.1) is 0 Å². The highest BCUT2D eigenvalue weighted by molar-refractivity contribution is 6.44. The molecule has 0 saturated carbocycles. The third-order valence-electron chi connectivity index (χ3n) is 1.77. The Kier molecular flexibility index (Phi) is 9.08. The monoisotopic (exact) mass is 230 g/mol. The zero-order valence-electron chi connectivity index (χ0n) is 7.53.